The summed E-state index contributed by atoms with van der Waals surface area (Å²) in [5.41, 5.74) is 2.80. The minimum absolute atomic E-state index is 0.00454. The van der Waals surface area contributed by atoms with Gasteiger partial charge in [-0.15, -0.1) is 0 Å². The van der Waals surface area contributed by atoms with Crippen LogP contribution in [0.4, 0.5) is 0 Å². The largest absolute Gasteiger partial charge is 0.510 e. The molecule has 6 N–H and O–H groups in total. The number of phenolic OH excluding ortho intramolecular Hbond substituents is 1. The summed E-state index contributed by atoms with van der Waals surface area (Å²) in [6.07, 6.45) is -1.00. The molecule has 0 aromatic heterocycles. The van der Waals surface area contributed by atoms with Gasteiger partial charge in [-0.3, -0.25) is 24.2 Å². The van der Waals surface area contributed by atoms with Crippen molar-refractivity contribution in [1.29, 1.82) is 0 Å². The van der Waals surface area contributed by atoms with Crippen LogP contribution < -0.4 is 5.73 Å². The minimum atomic E-state index is -2.70. The van der Waals surface area contributed by atoms with Crippen LogP contribution in [0.1, 0.15) is 27.9 Å². The molecule has 4 rings (SSSR count). The lowest BCUT2D eigenvalue weighted by atomic mass is 9.58. The first-order valence-electron chi connectivity index (χ1n) is 14.1. The Bertz CT molecular complexity index is 1370. The molecular formula is C30H41N3O11. The first kappa shape index (κ1) is 33.5. The van der Waals surface area contributed by atoms with Gasteiger partial charge in [-0.25, -0.2) is 0 Å². The van der Waals surface area contributed by atoms with Crippen molar-refractivity contribution in [3.05, 3.63) is 51.5 Å². The van der Waals surface area contributed by atoms with Crippen molar-refractivity contribution in [3.8, 4) is 5.75 Å². The maximum absolute atomic E-state index is 14.0. The lowest BCUT2D eigenvalue weighted by Gasteiger charge is -2.50. The molecule has 14 nitrogen and oxygen atoms in total. The van der Waals surface area contributed by atoms with Crippen LogP contribution in [0, 0.1) is 11.8 Å². The van der Waals surface area contributed by atoms with Gasteiger partial charge < -0.3 is 45.1 Å². The third kappa shape index (κ3) is 5.51. The number of amides is 1. The third-order valence-electron chi connectivity index (χ3n) is 8.96. The normalized spacial score (nSPS) is 25.3. The van der Waals surface area contributed by atoms with Crippen molar-refractivity contribution < 1.29 is 53.8 Å². The van der Waals surface area contributed by atoms with Crippen LogP contribution in [0.2, 0.25) is 0 Å². The van der Waals surface area contributed by atoms with E-state index < -0.39 is 70.6 Å². The minimum Gasteiger partial charge on any atom is -0.510 e. The number of phenols is 1. The number of carbonyl (C=O) groups is 3. The van der Waals surface area contributed by atoms with E-state index in [0.717, 1.165) is 0 Å². The van der Waals surface area contributed by atoms with Crippen molar-refractivity contribution >= 4 is 17.5 Å². The Kier molecular flexibility index (Phi) is 9.85. The van der Waals surface area contributed by atoms with Crippen molar-refractivity contribution in [2.45, 2.75) is 43.6 Å². The van der Waals surface area contributed by atoms with Crippen molar-refractivity contribution in [2.24, 2.45) is 17.6 Å². The molecule has 242 valence electrons. The lowest BCUT2D eigenvalue weighted by Crippen LogP contribution is -2.63. The zero-order valence-corrected chi connectivity index (χ0v) is 25.7. The van der Waals surface area contributed by atoms with Gasteiger partial charge in [0.25, 0.3) is 5.91 Å². The fraction of sp³-hybridized carbons (Fsp3) is 0.567. The van der Waals surface area contributed by atoms with Gasteiger partial charge in [0.15, 0.2) is 24.0 Å². The summed E-state index contributed by atoms with van der Waals surface area (Å²) >= 11 is 0. The topological polar surface area (TPSA) is 202 Å². The molecule has 0 saturated heterocycles. The average Bonchev–Trinajstić information content (AvgIpc) is 2.97. The van der Waals surface area contributed by atoms with E-state index in [1.165, 1.54) is 39.4 Å². The molecule has 4 atom stereocenters. The predicted octanol–water partition coefficient (Wildman–Crippen LogP) is 0.160. The molecule has 0 spiro atoms. The van der Waals surface area contributed by atoms with E-state index in [1.54, 1.807) is 20.2 Å². The Labute approximate surface area is 255 Å². The highest BCUT2D eigenvalue weighted by Crippen LogP contribution is 2.52. The maximum Gasteiger partial charge on any atom is 0.255 e. The van der Waals surface area contributed by atoms with E-state index in [9.17, 15) is 34.8 Å². The van der Waals surface area contributed by atoms with Crippen LogP contribution in [0.3, 0.4) is 0 Å². The molecule has 0 bridgehead atoms. The number of carbonyl (C=O) groups excluding carboxylic acids is 3. The second-order valence-corrected chi connectivity index (χ2v) is 11.6. The fourth-order valence-corrected chi connectivity index (χ4v) is 6.82. The number of fused-ring (bicyclic) bond motifs is 3. The second kappa shape index (κ2) is 12.9. The summed E-state index contributed by atoms with van der Waals surface area (Å²) < 4.78 is 21.6. The van der Waals surface area contributed by atoms with Crippen molar-refractivity contribution in [3.63, 3.8) is 0 Å². The molecule has 0 fully saturated rings. The number of ether oxygens (including phenoxy) is 4. The number of rotatable bonds is 12. The van der Waals surface area contributed by atoms with Gasteiger partial charge in [-0.05, 0) is 50.0 Å². The highest BCUT2D eigenvalue weighted by molar-refractivity contribution is 6.24. The highest BCUT2D eigenvalue weighted by atomic mass is 16.7. The van der Waals surface area contributed by atoms with E-state index in [0.29, 0.717) is 24.2 Å². The first-order valence-corrected chi connectivity index (χ1v) is 14.1. The van der Waals surface area contributed by atoms with Crippen molar-refractivity contribution in [1.82, 2.24) is 9.80 Å². The summed E-state index contributed by atoms with van der Waals surface area (Å²) in [6, 6.07) is 2.00. The maximum atomic E-state index is 14.0. The van der Waals surface area contributed by atoms with E-state index >= 15 is 0 Å². The standard InChI is InChI=1S/C30H41N3O11/c1-32(2)24-17-10-15-9-16-14(11-33(12-19(41-3)42-4)13-20(43-5)44-6)7-8-18(34)22(16)25(35)21(15)27(37)30(17,40)28(38)23(26(24)36)29(31)39/h7-8,15,17,19-20,24,34,36-37,40H,9-13H2,1-6H3,(H2,31,39)/t15-,17-,24?,30-/m0/s1. The molecule has 3 aliphatic carbocycles. The molecule has 1 aromatic carbocycles. The van der Waals surface area contributed by atoms with Gasteiger partial charge in [0.2, 0.25) is 5.78 Å². The van der Waals surface area contributed by atoms with E-state index in [2.05, 4.69) is 0 Å². The number of Topliss-reactive ketones (excluding diaryl/α,β-unsaturated/α-hetero) is 2. The van der Waals surface area contributed by atoms with Gasteiger partial charge >= 0.3 is 0 Å². The number of benzene rings is 1. The number of methoxy groups -OCH3 is 4. The third-order valence-corrected chi connectivity index (χ3v) is 8.96. The molecule has 1 amide bonds. The summed E-state index contributed by atoms with van der Waals surface area (Å²) in [7, 11) is 9.21. The Balaban J connectivity index is 1.82. The average molecular weight is 620 g/mol. The van der Waals surface area contributed by atoms with Crippen LogP contribution in [-0.4, -0.2) is 128 Å². The highest BCUT2D eigenvalue weighted by Gasteiger charge is 2.63. The van der Waals surface area contributed by atoms with Gasteiger partial charge in [-0.2, -0.15) is 0 Å². The zero-order valence-electron chi connectivity index (χ0n) is 25.7. The molecule has 1 aromatic rings. The molecule has 0 saturated carbocycles. The van der Waals surface area contributed by atoms with Gasteiger partial charge in [0, 0.05) is 46.5 Å². The monoisotopic (exact) mass is 619 g/mol. The first-order chi connectivity index (χ1) is 20.8. The van der Waals surface area contributed by atoms with Gasteiger partial charge in [0.1, 0.15) is 22.8 Å². The number of nitrogens with zero attached hydrogens (tertiary/aromatic N) is 2. The van der Waals surface area contributed by atoms with Crippen molar-refractivity contribution in [2.75, 3.05) is 55.6 Å². The lowest BCUT2D eigenvalue weighted by molar-refractivity contribution is -0.148. The molecule has 44 heavy (non-hydrogen) atoms. The number of hydrogen-bond acceptors (Lipinski definition) is 13. The number of aliphatic hydroxyl groups excluding tert-OH is 2. The number of nitrogens with two attached hydrogens (primary N) is 1. The summed E-state index contributed by atoms with van der Waals surface area (Å²) in [6.45, 7) is 0.896. The van der Waals surface area contributed by atoms with Gasteiger partial charge in [0.05, 0.1) is 24.7 Å². The Morgan fingerprint density at radius 1 is 1.02 bits per heavy atom. The van der Waals surface area contributed by atoms with Crippen LogP contribution in [0.5, 0.6) is 5.75 Å². The van der Waals surface area contributed by atoms with Crippen LogP contribution >= 0.6 is 0 Å². The molecule has 3 aliphatic rings. The summed E-state index contributed by atoms with van der Waals surface area (Å²) in [5.74, 6) is -6.96. The number of aromatic hydroxyl groups is 1. The van der Waals surface area contributed by atoms with E-state index in [4.69, 9.17) is 24.7 Å². The molecule has 0 heterocycles. The second-order valence-electron chi connectivity index (χ2n) is 11.6. The number of allylic oxidation sites excluding steroid dienone is 1. The van der Waals surface area contributed by atoms with Gasteiger partial charge in [-0.1, -0.05) is 6.07 Å². The van der Waals surface area contributed by atoms with Crippen LogP contribution in [-0.2, 0) is 41.5 Å². The zero-order chi connectivity index (χ0) is 32.7. The smallest absolute Gasteiger partial charge is 0.255 e. The number of ketones is 2. The number of hydrogen-bond donors (Lipinski definition) is 5. The molecule has 0 aliphatic heterocycles. The Hall–Kier alpha value is -3.37. The number of primary amides is 1. The molecule has 14 heteroatoms. The molecule has 1 unspecified atom stereocenters. The Morgan fingerprint density at radius 3 is 2.09 bits per heavy atom. The quantitative estimate of drug-likeness (QED) is 0.157. The summed E-state index contributed by atoms with van der Waals surface area (Å²) in [4.78, 5) is 43.1. The van der Waals surface area contributed by atoms with Crippen LogP contribution in [0.15, 0.2) is 34.8 Å². The van der Waals surface area contributed by atoms with E-state index in [1.807, 2.05) is 4.90 Å². The SMILES string of the molecule is COC(CN(Cc1ccc(O)c2c1C[C@H]1C[C@H]3C(N(C)C)C(O)=C(C(N)=O)C(=O)[C@@]3(O)C(O)=C1C2=O)CC(OC)OC)OC. The number of aliphatic hydroxyl groups is 3. The number of likely N-dealkylation sites (N-methyl/N-ethyl adjacent to an activating group) is 1. The molecule has 0 radical (unpaired) electrons. The predicted molar refractivity (Wildman–Crippen MR) is 155 cm³/mol. The summed E-state index contributed by atoms with van der Waals surface area (Å²) in [5, 5.41) is 45.1. The Morgan fingerprint density at radius 2 is 1.59 bits per heavy atom. The van der Waals surface area contributed by atoms with Crippen LogP contribution in [0.25, 0.3) is 0 Å². The van der Waals surface area contributed by atoms with E-state index in [-0.39, 0.29) is 36.3 Å². The molecular weight excluding hydrogens is 578 g/mol. The fourth-order valence-electron chi connectivity index (χ4n) is 6.82.